The van der Waals surface area contributed by atoms with Crippen LogP contribution in [0.15, 0.2) is 34.7 Å². The molecule has 0 radical (unpaired) electrons. The third-order valence-electron chi connectivity index (χ3n) is 3.92. The van der Waals surface area contributed by atoms with E-state index in [9.17, 15) is 4.79 Å². The molecule has 0 amide bonds. The molecular weight excluding hydrogens is 254 g/mol. The second kappa shape index (κ2) is 5.67. The molecule has 1 aromatic carbocycles. The van der Waals surface area contributed by atoms with Gasteiger partial charge in [-0.3, -0.25) is 9.69 Å². The normalized spacial score (nSPS) is 20.3. The monoisotopic (exact) mass is 273 g/mol. The van der Waals surface area contributed by atoms with Crippen LogP contribution >= 0.6 is 0 Å². The van der Waals surface area contributed by atoms with Crippen LogP contribution in [0.3, 0.4) is 0 Å². The summed E-state index contributed by atoms with van der Waals surface area (Å²) in [5, 5.41) is 10.0. The quantitative estimate of drug-likeness (QED) is 0.930. The lowest BCUT2D eigenvalue weighted by molar-refractivity contribution is -0.138. The number of piperidine rings is 1. The Morgan fingerprint density at radius 1 is 1.40 bits per heavy atom. The summed E-state index contributed by atoms with van der Waals surface area (Å²) >= 11 is 0. The standard InChI is InChI=1S/C16H19NO3/c18-16(19)8-12-4-3-7-17(10-12)11-14-9-13-5-1-2-6-15(13)20-14/h1-2,5-6,9,12H,3-4,7-8,10-11H2,(H,18,19). The zero-order valence-electron chi connectivity index (χ0n) is 11.4. The number of fused-ring (bicyclic) bond motifs is 1. The first kappa shape index (κ1) is 13.2. The average molecular weight is 273 g/mol. The lowest BCUT2D eigenvalue weighted by atomic mass is 9.95. The summed E-state index contributed by atoms with van der Waals surface area (Å²) in [5.41, 5.74) is 0.918. The Bertz CT molecular complexity index is 572. The highest BCUT2D eigenvalue weighted by Gasteiger charge is 2.22. The van der Waals surface area contributed by atoms with Gasteiger partial charge in [0, 0.05) is 18.4 Å². The molecule has 0 spiro atoms. The minimum atomic E-state index is -0.694. The highest BCUT2D eigenvalue weighted by atomic mass is 16.4. The fraction of sp³-hybridized carbons (Fsp3) is 0.438. The average Bonchev–Trinajstić information content (AvgIpc) is 2.80. The Kier molecular flexibility index (Phi) is 3.74. The molecule has 1 aliphatic heterocycles. The molecule has 0 saturated carbocycles. The molecule has 1 saturated heterocycles. The zero-order valence-corrected chi connectivity index (χ0v) is 11.4. The van der Waals surface area contributed by atoms with Crippen molar-refractivity contribution in [3.05, 3.63) is 36.1 Å². The van der Waals surface area contributed by atoms with Gasteiger partial charge in [0.15, 0.2) is 0 Å². The van der Waals surface area contributed by atoms with Crippen molar-refractivity contribution in [1.29, 1.82) is 0 Å². The van der Waals surface area contributed by atoms with E-state index in [2.05, 4.69) is 11.0 Å². The van der Waals surface area contributed by atoms with E-state index in [0.717, 1.165) is 49.2 Å². The Labute approximate surface area is 118 Å². The van der Waals surface area contributed by atoms with Crippen LogP contribution in [0.25, 0.3) is 11.0 Å². The van der Waals surface area contributed by atoms with E-state index in [1.54, 1.807) is 0 Å². The van der Waals surface area contributed by atoms with Gasteiger partial charge < -0.3 is 9.52 Å². The highest BCUT2D eigenvalue weighted by molar-refractivity contribution is 5.77. The number of furan rings is 1. The summed E-state index contributed by atoms with van der Waals surface area (Å²) in [5.74, 6) is 0.536. The maximum Gasteiger partial charge on any atom is 0.303 e. The molecule has 0 bridgehead atoms. The summed E-state index contributed by atoms with van der Waals surface area (Å²) in [6.45, 7) is 2.64. The fourth-order valence-electron chi connectivity index (χ4n) is 3.04. The number of aliphatic carboxylic acids is 1. The number of para-hydroxylation sites is 1. The van der Waals surface area contributed by atoms with Crippen LogP contribution in [-0.2, 0) is 11.3 Å². The van der Waals surface area contributed by atoms with Gasteiger partial charge in [-0.15, -0.1) is 0 Å². The second-order valence-corrected chi connectivity index (χ2v) is 5.59. The van der Waals surface area contributed by atoms with Crippen LogP contribution in [0, 0.1) is 5.92 Å². The first-order valence-corrected chi connectivity index (χ1v) is 7.12. The van der Waals surface area contributed by atoms with Crippen molar-refractivity contribution in [2.24, 2.45) is 5.92 Å². The number of carboxylic acids is 1. The van der Waals surface area contributed by atoms with Crippen molar-refractivity contribution < 1.29 is 14.3 Å². The van der Waals surface area contributed by atoms with Gasteiger partial charge in [0.05, 0.1) is 6.54 Å². The van der Waals surface area contributed by atoms with Crippen molar-refractivity contribution in [2.75, 3.05) is 13.1 Å². The third-order valence-corrected chi connectivity index (χ3v) is 3.92. The van der Waals surface area contributed by atoms with E-state index in [1.807, 2.05) is 24.3 Å². The second-order valence-electron chi connectivity index (χ2n) is 5.59. The Hall–Kier alpha value is -1.81. The van der Waals surface area contributed by atoms with Gasteiger partial charge >= 0.3 is 5.97 Å². The number of carboxylic acid groups (broad SMARTS) is 1. The number of hydrogen-bond donors (Lipinski definition) is 1. The van der Waals surface area contributed by atoms with Crippen LogP contribution < -0.4 is 0 Å². The van der Waals surface area contributed by atoms with Crippen molar-refractivity contribution in [3.63, 3.8) is 0 Å². The van der Waals surface area contributed by atoms with Crippen LogP contribution in [-0.4, -0.2) is 29.1 Å². The van der Waals surface area contributed by atoms with Gasteiger partial charge in [-0.05, 0) is 37.4 Å². The first-order valence-electron chi connectivity index (χ1n) is 7.12. The van der Waals surface area contributed by atoms with Crippen molar-refractivity contribution >= 4 is 16.9 Å². The molecule has 2 heterocycles. The number of nitrogens with zero attached hydrogens (tertiary/aromatic N) is 1. The van der Waals surface area contributed by atoms with Gasteiger partial charge in [0.2, 0.25) is 0 Å². The third kappa shape index (κ3) is 3.02. The predicted octanol–water partition coefficient (Wildman–Crippen LogP) is 3.12. The van der Waals surface area contributed by atoms with Crippen molar-refractivity contribution in [3.8, 4) is 0 Å². The van der Waals surface area contributed by atoms with Crippen molar-refractivity contribution in [1.82, 2.24) is 4.90 Å². The molecule has 1 aromatic heterocycles. The molecule has 20 heavy (non-hydrogen) atoms. The smallest absolute Gasteiger partial charge is 0.303 e. The van der Waals surface area contributed by atoms with Crippen LogP contribution in [0.5, 0.6) is 0 Å². The lowest BCUT2D eigenvalue weighted by Crippen LogP contribution is -2.35. The van der Waals surface area contributed by atoms with Crippen LogP contribution in [0.2, 0.25) is 0 Å². The zero-order chi connectivity index (χ0) is 13.9. The SMILES string of the molecule is O=C(O)CC1CCCN(Cc2cc3ccccc3o2)C1. The van der Waals surface area contributed by atoms with E-state index in [1.165, 1.54) is 0 Å². The van der Waals surface area contributed by atoms with Crippen LogP contribution in [0.1, 0.15) is 25.0 Å². The molecule has 1 aliphatic rings. The molecule has 2 aromatic rings. The predicted molar refractivity (Wildman–Crippen MR) is 76.5 cm³/mol. The van der Waals surface area contributed by atoms with Gasteiger partial charge in [0.1, 0.15) is 11.3 Å². The van der Waals surface area contributed by atoms with Gasteiger partial charge in [0.25, 0.3) is 0 Å². The number of hydrogen-bond acceptors (Lipinski definition) is 3. The number of benzene rings is 1. The lowest BCUT2D eigenvalue weighted by Gasteiger charge is -2.31. The summed E-state index contributed by atoms with van der Waals surface area (Å²) in [6, 6.07) is 10.1. The van der Waals surface area contributed by atoms with E-state index in [-0.39, 0.29) is 12.3 Å². The molecule has 3 rings (SSSR count). The first-order chi connectivity index (χ1) is 9.70. The molecule has 4 nitrogen and oxygen atoms in total. The van der Waals surface area contributed by atoms with Crippen LogP contribution in [0.4, 0.5) is 0 Å². The number of carbonyl (C=O) groups is 1. The molecular formula is C16H19NO3. The molecule has 106 valence electrons. The van der Waals surface area contributed by atoms with E-state index in [0.29, 0.717) is 0 Å². The van der Waals surface area contributed by atoms with E-state index >= 15 is 0 Å². The fourth-order valence-corrected chi connectivity index (χ4v) is 3.04. The van der Waals surface area contributed by atoms with E-state index < -0.39 is 5.97 Å². The Morgan fingerprint density at radius 2 is 2.25 bits per heavy atom. The molecule has 0 aliphatic carbocycles. The maximum atomic E-state index is 10.8. The topological polar surface area (TPSA) is 53.7 Å². The van der Waals surface area contributed by atoms with Gasteiger partial charge in [-0.2, -0.15) is 0 Å². The minimum Gasteiger partial charge on any atom is -0.481 e. The number of rotatable bonds is 4. The Morgan fingerprint density at radius 3 is 3.05 bits per heavy atom. The highest BCUT2D eigenvalue weighted by Crippen LogP contribution is 2.24. The van der Waals surface area contributed by atoms with Gasteiger partial charge in [-0.25, -0.2) is 0 Å². The largest absolute Gasteiger partial charge is 0.481 e. The molecule has 1 fully saturated rings. The summed E-state index contributed by atoms with van der Waals surface area (Å²) in [4.78, 5) is 13.1. The molecule has 4 heteroatoms. The van der Waals surface area contributed by atoms with Crippen molar-refractivity contribution in [2.45, 2.75) is 25.8 Å². The Balaban J connectivity index is 1.66. The summed E-state index contributed by atoms with van der Waals surface area (Å²) < 4.78 is 5.83. The number of likely N-dealkylation sites (tertiary alicyclic amines) is 1. The minimum absolute atomic E-state index is 0.269. The summed E-state index contributed by atoms with van der Waals surface area (Å²) in [7, 11) is 0. The molecule has 1 N–H and O–H groups in total. The van der Waals surface area contributed by atoms with Gasteiger partial charge in [-0.1, -0.05) is 18.2 Å². The summed E-state index contributed by atoms with van der Waals surface area (Å²) in [6.07, 6.45) is 2.36. The maximum absolute atomic E-state index is 10.8. The molecule has 1 unspecified atom stereocenters. The van der Waals surface area contributed by atoms with E-state index in [4.69, 9.17) is 9.52 Å². The molecule has 1 atom stereocenters.